The van der Waals surface area contributed by atoms with Crippen LogP contribution in [0.4, 0.5) is 10.1 Å². The predicted octanol–water partition coefficient (Wildman–Crippen LogP) is 4.37. The lowest BCUT2D eigenvalue weighted by Gasteiger charge is -2.41. The van der Waals surface area contributed by atoms with E-state index >= 15 is 0 Å². The maximum atomic E-state index is 14.5. The number of thiazole rings is 1. The Hall–Kier alpha value is -1.97. The van der Waals surface area contributed by atoms with Crippen LogP contribution < -0.4 is 4.90 Å². The predicted molar refractivity (Wildman–Crippen MR) is 109 cm³/mol. The van der Waals surface area contributed by atoms with Crippen LogP contribution in [-0.2, 0) is 13.0 Å². The SMILES string of the molecule is Cc1cnc(CN2CCN(c3cc(CC(C)C)cc(F)c3C#N)CC2C)s1. The highest BCUT2D eigenvalue weighted by Crippen LogP contribution is 2.29. The lowest BCUT2D eigenvalue weighted by atomic mass is 9.99. The number of nitriles is 1. The summed E-state index contributed by atoms with van der Waals surface area (Å²) in [5.74, 6) is 0.0432. The number of anilines is 1. The molecular weight excluding hydrogens is 359 g/mol. The molecule has 0 radical (unpaired) electrons. The second-order valence-corrected chi connectivity index (χ2v) is 9.13. The first kappa shape index (κ1) is 19.8. The lowest BCUT2D eigenvalue weighted by molar-refractivity contribution is 0.180. The van der Waals surface area contributed by atoms with Gasteiger partial charge in [-0.15, -0.1) is 11.3 Å². The minimum Gasteiger partial charge on any atom is -0.368 e. The van der Waals surface area contributed by atoms with Gasteiger partial charge in [-0.25, -0.2) is 9.37 Å². The van der Waals surface area contributed by atoms with E-state index in [1.807, 2.05) is 12.3 Å². The molecule has 1 aliphatic heterocycles. The van der Waals surface area contributed by atoms with Crippen molar-refractivity contribution in [1.29, 1.82) is 5.26 Å². The molecule has 1 unspecified atom stereocenters. The first-order chi connectivity index (χ1) is 12.9. The van der Waals surface area contributed by atoms with Gasteiger partial charge in [0.1, 0.15) is 22.5 Å². The zero-order valence-corrected chi connectivity index (χ0v) is 17.3. The van der Waals surface area contributed by atoms with Crippen LogP contribution in [0.15, 0.2) is 18.3 Å². The van der Waals surface area contributed by atoms with Crippen LogP contribution in [0.25, 0.3) is 0 Å². The largest absolute Gasteiger partial charge is 0.368 e. The second-order valence-electron chi connectivity index (χ2n) is 7.81. The van der Waals surface area contributed by atoms with Crippen LogP contribution in [0.3, 0.4) is 0 Å². The highest BCUT2D eigenvalue weighted by molar-refractivity contribution is 7.11. The van der Waals surface area contributed by atoms with Crippen LogP contribution in [0.5, 0.6) is 0 Å². The van der Waals surface area contributed by atoms with E-state index < -0.39 is 5.82 Å². The Labute approximate surface area is 165 Å². The molecule has 27 heavy (non-hydrogen) atoms. The van der Waals surface area contributed by atoms with Crippen molar-refractivity contribution in [3.63, 3.8) is 0 Å². The lowest BCUT2D eigenvalue weighted by Crippen LogP contribution is -2.51. The van der Waals surface area contributed by atoms with Gasteiger partial charge in [0.05, 0.1) is 12.2 Å². The fourth-order valence-electron chi connectivity index (χ4n) is 3.69. The highest BCUT2D eigenvalue weighted by Gasteiger charge is 2.27. The number of aryl methyl sites for hydroxylation is 1. The van der Waals surface area contributed by atoms with E-state index in [0.717, 1.165) is 48.9 Å². The van der Waals surface area contributed by atoms with Gasteiger partial charge in [0.15, 0.2) is 0 Å². The third-order valence-corrected chi connectivity index (χ3v) is 5.90. The zero-order valence-electron chi connectivity index (χ0n) is 16.5. The van der Waals surface area contributed by atoms with Crippen LogP contribution in [0, 0.1) is 30.0 Å². The van der Waals surface area contributed by atoms with Gasteiger partial charge in [-0.05, 0) is 43.9 Å². The van der Waals surface area contributed by atoms with Crippen molar-refractivity contribution in [3.8, 4) is 6.07 Å². The normalized spacial score (nSPS) is 18.1. The second kappa shape index (κ2) is 8.37. The quantitative estimate of drug-likeness (QED) is 0.765. The number of halogens is 1. The number of nitrogens with zero attached hydrogens (tertiary/aromatic N) is 4. The summed E-state index contributed by atoms with van der Waals surface area (Å²) in [5, 5.41) is 10.6. The Bertz CT molecular complexity index is 839. The summed E-state index contributed by atoms with van der Waals surface area (Å²) in [6.07, 6.45) is 2.73. The molecule has 3 rings (SSSR count). The Morgan fingerprint density at radius 2 is 2.15 bits per heavy atom. The minimum atomic E-state index is -0.404. The number of piperazine rings is 1. The first-order valence-corrected chi connectivity index (χ1v) is 10.3. The Morgan fingerprint density at radius 3 is 2.74 bits per heavy atom. The minimum absolute atomic E-state index is 0.165. The van der Waals surface area contributed by atoms with Crippen molar-refractivity contribution >= 4 is 17.0 Å². The van der Waals surface area contributed by atoms with Crippen molar-refractivity contribution < 1.29 is 4.39 Å². The molecule has 1 fully saturated rings. The average molecular weight is 387 g/mol. The van der Waals surface area contributed by atoms with Gasteiger partial charge < -0.3 is 4.90 Å². The average Bonchev–Trinajstić information content (AvgIpc) is 3.00. The molecule has 0 N–H and O–H groups in total. The topological polar surface area (TPSA) is 43.2 Å². The van der Waals surface area contributed by atoms with E-state index in [2.05, 4.69) is 48.5 Å². The van der Waals surface area contributed by atoms with Gasteiger partial charge in [-0.3, -0.25) is 4.90 Å². The molecule has 1 aromatic heterocycles. The summed E-state index contributed by atoms with van der Waals surface area (Å²) >= 11 is 1.74. The fraction of sp³-hybridized carbons (Fsp3) is 0.524. The van der Waals surface area contributed by atoms with Crippen molar-refractivity contribution in [2.24, 2.45) is 5.92 Å². The number of benzene rings is 1. The van der Waals surface area contributed by atoms with Gasteiger partial charge in [0, 0.05) is 36.8 Å². The molecule has 0 bridgehead atoms. The van der Waals surface area contributed by atoms with Gasteiger partial charge in [0.25, 0.3) is 0 Å². The van der Waals surface area contributed by atoms with Crippen molar-refractivity contribution in [3.05, 3.63) is 45.2 Å². The Balaban J connectivity index is 1.77. The molecule has 1 atom stereocenters. The van der Waals surface area contributed by atoms with Gasteiger partial charge in [0.2, 0.25) is 0 Å². The van der Waals surface area contributed by atoms with Gasteiger partial charge in [-0.1, -0.05) is 13.8 Å². The van der Waals surface area contributed by atoms with Crippen molar-refractivity contribution in [2.75, 3.05) is 24.5 Å². The molecule has 0 amide bonds. The van der Waals surface area contributed by atoms with Crippen LogP contribution in [0.2, 0.25) is 0 Å². The van der Waals surface area contributed by atoms with E-state index in [0.29, 0.717) is 12.0 Å². The van der Waals surface area contributed by atoms with Crippen molar-refractivity contribution in [2.45, 2.75) is 46.7 Å². The monoisotopic (exact) mass is 386 g/mol. The van der Waals surface area contributed by atoms with Crippen LogP contribution in [-0.4, -0.2) is 35.6 Å². The molecule has 2 heterocycles. The van der Waals surface area contributed by atoms with E-state index in [9.17, 15) is 9.65 Å². The molecule has 0 aliphatic carbocycles. The summed E-state index contributed by atoms with van der Waals surface area (Å²) < 4.78 is 14.5. The summed E-state index contributed by atoms with van der Waals surface area (Å²) in [5.41, 5.74) is 1.87. The molecule has 0 spiro atoms. The highest BCUT2D eigenvalue weighted by atomic mass is 32.1. The maximum absolute atomic E-state index is 14.5. The molecule has 1 saturated heterocycles. The van der Waals surface area contributed by atoms with E-state index in [4.69, 9.17) is 0 Å². The Morgan fingerprint density at radius 1 is 1.37 bits per heavy atom. The summed E-state index contributed by atoms with van der Waals surface area (Å²) in [6.45, 7) is 11.8. The van der Waals surface area contributed by atoms with Gasteiger partial charge >= 0.3 is 0 Å². The molecule has 144 valence electrons. The molecule has 2 aromatic rings. The third-order valence-electron chi connectivity index (χ3n) is 5.00. The summed E-state index contributed by atoms with van der Waals surface area (Å²) in [6, 6.07) is 5.91. The molecule has 6 heteroatoms. The first-order valence-electron chi connectivity index (χ1n) is 9.50. The maximum Gasteiger partial charge on any atom is 0.143 e. The van der Waals surface area contributed by atoms with E-state index in [1.54, 1.807) is 11.3 Å². The molecule has 1 aromatic carbocycles. The number of hydrogen-bond acceptors (Lipinski definition) is 5. The molecule has 1 aliphatic rings. The standard InChI is InChI=1S/C21H27FN4S/c1-14(2)7-17-8-19(22)18(10-23)20(9-17)26-6-5-25(15(3)12-26)13-21-24-11-16(4)27-21/h8-9,11,14-15H,5-7,12-13H2,1-4H3. The fourth-order valence-corrected chi connectivity index (χ4v) is 4.51. The number of rotatable bonds is 5. The molecule has 4 nitrogen and oxygen atoms in total. The zero-order chi connectivity index (χ0) is 19.6. The van der Waals surface area contributed by atoms with Crippen LogP contribution >= 0.6 is 11.3 Å². The van der Waals surface area contributed by atoms with E-state index in [-0.39, 0.29) is 5.56 Å². The Kier molecular flexibility index (Phi) is 6.13. The third kappa shape index (κ3) is 4.66. The summed E-state index contributed by atoms with van der Waals surface area (Å²) in [7, 11) is 0. The molecular formula is C21H27FN4S. The number of aromatic nitrogens is 1. The number of hydrogen-bond donors (Lipinski definition) is 0. The smallest absolute Gasteiger partial charge is 0.143 e. The van der Waals surface area contributed by atoms with Gasteiger partial charge in [-0.2, -0.15) is 5.26 Å². The summed E-state index contributed by atoms with van der Waals surface area (Å²) in [4.78, 5) is 10.3. The van der Waals surface area contributed by atoms with Crippen molar-refractivity contribution in [1.82, 2.24) is 9.88 Å². The van der Waals surface area contributed by atoms with Crippen LogP contribution in [0.1, 0.15) is 41.8 Å². The molecule has 0 saturated carbocycles. The van der Waals surface area contributed by atoms with E-state index in [1.165, 1.54) is 10.9 Å².